The van der Waals surface area contributed by atoms with Gasteiger partial charge in [0.05, 0.1) is 20.7 Å². The van der Waals surface area contributed by atoms with Crippen LogP contribution in [0.1, 0.15) is 6.92 Å². The molecule has 0 saturated carbocycles. The molecule has 0 amide bonds. The van der Waals surface area contributed by atoms with Crippen molar-refractivity contribution in [3.8, 4) is 0 Å². The van der Waals surface area contributed by atoms with E-state index in [0.29, 0.717) is 6.61 Å². The predicted octanol–water partition coefficient (Wildman–Crippen LogP) is -1.06. The van der Waals surface area contributed by atoms with Gasteiger partial charge < -0.3 is 21.7 Å². The van der Waals surface area contributed by atoms with Crippen LogP contribution in [0.25, 0.3) is 0 Å². The van der Waals surface area contributed by atoms with Crippen LogP contribution in [0, 0.1) is 0 Å². The van der Waals surface area contributed by atoms with E-state index in [4.69, 9.17) is 4.74 Å². The molecule has 2 aromatic rings. The van der Waals surface area contributed by atoms with Gasteiger partial charge in [-0.15, -0.1) is 0 Å². The van der Waals surface area contributed by atoms with Crippen molar-refractivity contribution in [3.05, 3.63) is 35.1 Å². The maximum absolute atomic E-state index is 11.8. The van der Waals surface area contributed by atoms with E-state index in [-0.39, 0.29) is 29.5 Å². The van der Waals surface area contributed by atoms with Crippen LogP contribution < -0.4 is 31.3 Å². The third-order valence-corrected chi connectivity index (χ3v) is 4.95. The Bertz CT molecular complexity index is 666. The number of nitrogens with zero attached hydrogens (tertiary/aromatic N) is 3. The summed E-state index contributed by atoms with van der Waals surface area (Å²) >= 11 is 0. The SMILES string of the molecule is CCOC(=O)CN(c1ccccc1)c1nc(=[N+](C)C)ss1.[Br-]. The molecule has 0 N–H and O–H groups in total. The van der Waals surface area contributed by atoms with Crippen molar-refractivity contribution < 1.29 is 26.5 Å². The summed E-state index contributed by atoms with van der Waals surface area (Å²) in [6.07, 6.45) is 0. The summed E-state index contributed by atoms with van der Waals surface area (Å²) in [5.41, 5.74) is 0.928. The van der Waals surface area contributed by atoms with Crippen molar-refractivity contribution in [2.75, 3.05) is 32.1 Å². The third kappa shape index (κ3) is 4.89. The minimum absolute atomic E-state index is 0. The monoisotopic (exact) mass is 403 g/mol. The molecule has 0 aliphatic carbocycles. The second kappa shape index (κ2) is 9.02. The van der Waals surface area contributed by atoms with Gasteiger partial charge in [-0.25, -0.2) is 0 Å². The van der Waals surface area contributed by atoms with Crippen LogP contribution in [0.3, 0.4) is 0 Å². The number of anilines is 2. The summed E-state index contributed by atoms with van der Waals surface area (Å²) in [6.45, 7) is 2.34. The lowest BCUT2D eigenvalue weighted by molar-refractivity contribution is -0.141. The fraction of sp³-hybridized carbons (Fsp3) is 0.357. The first-order chi connectivity index (χ1) is 10.1. The van der Waals surface area contributed by atoms with Gasteiger partial charge in [-0.05, 0) is 29.4 Å². The number of ether oxygens (including phenoxy) is 1. The number of carbonyl (C=O) groups is 1. The van der Waals surface area contributed by atoms with Crippen LogP contribution in [-0.4, -0.2) is 38.2 Å². The predicted molar refractivity (Wildman–Crippen MR) is 87.2 cm³/mol. The molecule has 120 valence electrons. The maximum atomic E-state index is 11.8. The Balaban J connectivity index is 0.00000242. The molecule has 22 heavy (non-hydrogen) atoms. The summed E-state index contributed by atoms with van der Waals surface area (Å²) in [4.78, 5) is 19.2. The maximum Gasteiger partial charge on any atom is 0.390 e. The molecule has 5 nitrogen and oxygen atoms in total. The molecule has 0 bridgehead atoms. The van der Waals surface area contributed by atoms with E-state index in [9.17, 15) is 4.79 Å². The largest absolute Gasteiger partial charge is 1.00 e. The quantitative estimate of drug-likeness (QED) is 0.362. The molecule has 2 rings (SSSR count). The smallest absolute Gasteiger partial charge is 0.390 e. The van der Waals surface area contributed by atoms with Gasteiger partial charge in [-0.3, -0.25) is 14.3 Å². The summed E-state index contributed by atoms with van der Waals surface area (Å²) in [6, 6.07) is 9.75. The number of rotatable bonds is 5. The number of hydrogen-bond acceptors (Lipinski definition) is 6. The number of esters is 1. The van der Waals surface area contributed by atoms with Crippen LogP contribution in [0.5, 0.6) is 0 Å². The Hall–Kier alpha value is -1.25. The van der Waals surface area contributed by atoms with Crippen LogP contribution in [0.2, 0.25) is 0 Å². The molecule has 0 aliphatic heterocycles. The molecule has 0 fully saturated rings. The van der Waals surface area contributed by atoms with Gasteiger partial charge in [0.15, 0.2) is 0 Å². The Labute approximate surface area is 147 Å². The molecule has 1 aromatic carbocycles. The molecule has 1 heterocycles. The molecule has 0 atom stereocenters. The zero-order valence-corrected chi connectivity index (χ0v) is 15.9. The lowest BCUT2D eigenvalue weighted by Crippen LogP contribution is -3.00. The highest BCUT2D eigenvalue weighted by Crippen LogP contribution is 2.27. The lowest BCUT2D eigenvalue weighted by Gasteiger charge is -2.17. The van der Waals surface area contributed by atoms with Gasteiger partial charge in [-0.2, -0.15) is 0 Å². The summed E-state index contributed by atoms with van der Waals surface area (Å²) in [5.74, 6) is -0.257. The van der Waals surface area contributed by atoms with Gasteiger partial charge in [-0.1, -0.05) is 18.2 Å². The Morgan fingerprint density at radius 1 is 1.27 bits per heavy atom. The lowest BCUT2D eigenvalue weighted by atomic mass is 10.3. The zero-order valence-electron chi connectivity index (χ0n) is 12.7. The normalized spacial score (nSPS) is 9.77. The fourth-order valence-electron chi connectivity index (χ4n) is 1.69. The molecule has 0 saturated heterocycles. The molecular formula is C14H18BrN3O2S2. The van der Waals surface area contributed by atoms with Crippen LogP contribution >= 0.6 is 20.7 Å². The molecule has 8 heteroatoms. The molecule has 0 aliphatic rings. The first-order valence-electron chi connectivity index (χ1n) is 6.57. The van der Waals surface area contributed by atoms with Crippen molar-refractivity contribution in [2.24, 2.45) is 0 Å². The first-order valence-corrected chi connectivity index (χ1v) is 8.72. The first kappa shape index (κ1) is 18.8. The topological polar surface area (TPSA) is 45.4 Å². The molecule has 0 radical (unpaired) electrons. The Morgan fingerprint density at radius 3 is 2.50 bits per heavy atom. The average molecular weight is 404 g/mol. The number of para-hydroxylation sites is 1. The fourth-order valence-corrected chi connectivity index (χ4v) is 3.94. The zero-order chi connectivity index (χ0) is 15.2. The Kier molecular flexibility index (Phi) is 7.70. The van der Waals surface area contributed by atoms with Crippen molar-refractivity contribution in [1.29, 1.82) is 0 Å². The molecule has 1 aromatic heterocycles. The van der Waals surface area contributed by atoms with Gasteiger partial charge in [0, 0.05) is 21.0 Å². The van der Waals surface area contributed by atoms with Crippen LogP contribution in [0.4, 0.5) is 10.8 Å². The number of aromatic nitrogens is 1. The van der Waals surface area contributed by atoms with E-state index >= 15 is 0 Å². The van der Waals surface area contributed by atoms with E-state index in [1.807, 2.05) is 53.9 Å². The minimum atomic E-state index is -0.257. The molecule has 0 unspecified atom stereocenters. The second-order valence-corrected chi connectivity index (χ2v) is 6.53. The van der Waals surface area contributed by atoms with Crippen LogP contribution in [0.15, 0.2) is 30.3 Å². The number of halogens is 1. The van der Waals surface area contributed by atoms with Crippen LogP contribution in [-0.2, 0) is 9.53 Å². The standard InChI is InChI=1S/C14H18N3O2S2.BrH/c1-4-19-12(18)10-17(11-8-6-5-7-9-11)14-15-13(16(2)3)20-21-14;/h5-9H,4,10H2,1-3H3;1H/q+1;/p-1. The van der Waals surface area contributed by atoms with E-state index in [0.717, 1.165) is 15.6 Å². The summed E-state index contributed by atoms with van der Waals surface area (Å²) < 4.78 is 7.02. The van der Waals surface area contributed by atoms with Crippen molar-refractivity contribution in [2.45, 2.75) is 6.92 Å². The second-order valence-electron chi connectivity index (χ2n) is 4.46. The van der Waals surface area contributed by atoms with Crippen molar-refractivity contribution >= 4 is 37.5 Å². The van der Waals surface area contributed by atoms with Gasteiger partial charge >= 0.3 is 15.9 Å². The van der Waals surface area contributed by atoms with E-state index in [2.05, 4.69) is 4.98 Å². The highest BCUT2D eigenvalue weighted by molar-refractivity contribution is 7.69. The minimum Gasteiger partial charge on any atom is -1.00 e. The molecule has 0 spiro atoms. The van der Waals surface area contributed by atoms with E-state index in [1.54, 1.807) is 27.6 Å². The van der Waals surface area contributed by atoms with Gasteiger partial charge in [0.25, 0.3) is 0 Å². The summed E-state index contributed by atoms with van der Waals surface area (Å²) in [7, 11) is 7.04. The van der Waals surface area contributed by atoms with Gasteiger partial charge in [0.2, 0.25) is 0 Å². The summed E-state index contributed by atoms with van der Waals surface area (Å²) in [5, 5.41) is 0.794. The highest BCUT2D eigenvalue weighted by atomic mass is 79.9. The number of carbonyl (C=O) groups excluding carboxylic acids is 1. The van der Waals surface area contributed by atoms with Crippen molar-refractivity contribution in [3.63, 3.8) is 0 Å². The van der Waals surface area contributed by atoms with E-state index < -0.39 is 0 Å². The molecular weight excluding hydrogens is 386 g/mol. The number of benzene rings is 1. The van der Waals surface area contributed by atoms with Gasteiger partial charge in [0.1, 0.15) is 6.54 Å². The Morgan fingerprint density at radius 2 is 1.95 bits per heavy atom. The van der Waals surface area contributed by atoms with Crippen molar-refractivity contribution in [1.82, 2.24) is 9.56 Å². The number of hydrogen-bond donors (Lipinski definition) is 0. The third-order valence-electron chi connectivity index (χ3n) is 2.66. The average Bonchev–Trinajstić information content (AvgIpc) is 2.96. The highest BCUT2D eigenvalue weighted by Gasteiger charge is 2.22. The van der Waals surface area contributed by atoms with E-state index in [1.165, 1.54) is 0 Å².